The van der Waals surface area contributed by atoms with Crippen molar-refractivity contribution < 1.29 is 19.8 Å². The van der Waals surface area contributed by atoms with Crippen LogP contribution in [0.15, 0.2) is 0 Å². The molecule has 1 fully saturated rings. The number of carboxylic acid groups (broad SMARTS) is 2. The number of hydrogen-bond donors (Lipinski definition) is 2. The van der Waals surface area contributed by atoms with Crippen molar-refractivity contribution in [1.29, 1.82) is 0 Å². The highest BCUT2D eigenvalue weighted by Gasteiger charge is 2.61. The van der Waals surface area contributed by atoms with Gasteiger partial charge in [0.25, 0.3) is 0 Å². The van der Waals surface area contributed by atoms with Gasteiger partial charge in [-0.05, 0) is 37.5 Å². The van der Waals surface area contributed by atoms with E-state index in [0.717, 1.165) is 63.7 Å². The summed E-state index contributed by atoms with van der Waals surface area (Å²) in [5, 5.41) is 20.6. The molecule has 0 saturated heterocycles. The Labute approximate surface area is 197 Å². The van der Waals surface area contributed by atoms with Crippen molar-refractivity contribution in [2.45, 2.75) is 143 Å². The molecule has 0 aromatic heterocycles. The Morgan fingerprint density at radius 3 is 1.25 bits per heavy atom. The summed E-state index contributed by atoms with van der Waals surface area (Å²) < 4.78 is 0. The van der Waals surface area contributed by atoms with Gasteiger partial charge in [0.2, 0.25) is 0 Å². The van der Waals surface area contributed by atoms with Crippen LogP contribution < -0.4 is 0 Å². The van der Waals surface area contributed by atoms with Crippen LogP contribution in [0.25, 0.3) is 0 Å². The van der Waals surface area contributed by atoms with E-state index in [0.29, 0.717) is 31.6 Å². The number of unbranched alkanes of at least 4 members (excludes halogenated alkanes) is 8. The van der Waals surface area contributed by atoms with Crippen molar-refractivity contribution in [3.63, 3.8) is 0 Å². The Morgan fingerprint density at radius 1 is 0.594 bits per heavy atom. The fourth-order valence-corrected chi connectivity index (χ4v) is 5.92. The summed E-state index contributed by atoms with van der Waals surface area (Å²) in [5.74, 6) is -0.294. The van der Waals surface area contributed by atoms with E-state index in [1.165, 1.54) is 32.1 Å². The zero-order valence-corrected chi connectivity index (χ0v) is 21.6. The summed E-state index contributed by atoms with van der Waals surface area (Å²) in [6, 6.07) is 0. The molecule has 0 spiro atoms. The maximum atomic E-state index is 12.6. The van der Waals surface area contributed by atoms with Crippen LogP contribution in [0.3, 0.4) is 0 Å². The van der Waals surface area contributed by atoms with Gasteiger partial charge in [0.15, 0.2) is 0 Å². The lowest BCUT2D eigenvalue weighted by atomic mass is 9.52. The largest absolute Gasteiger partial charge is 0.481 e. The third-order valence-corrected chi connectivity index (χ3v) is 7.96. The van der Waals surface area contributed by atoms with Crippen LogP contribution >= 0.6 is 0 Å². The molecule has 1 rings (SSSR count). The molecule has 0 aromatic carbocycles. The van der Waals surface area contributed by atoms with E-state index in [1.54, 1.807) is 0 Å². The molecule has 4 nitrogen and oxygen atoms in total. The van der Waals surface area contributed by atoms with Gasteiger partial charge in [0.05, 0.1) is 10.8 Å². The summed E-state index contributed by atoms with van der Waals surface area (Å²) in [6.45, 7) is 8.96. The monoisotopic (exact) mass is 452 g/mol. The molecule has 32 heavy (non-hydrogen) atoms. The fraction of sp³-hybridized carbons (Fsp3) is 0.929. The molecule has 1 aliphatic carbocycles. The maximum absolute atomic E-state index is 12.6. The Hall–Kier alpha value is -1.06. The standard InChI is InChI=1S/C28H52O4/c1-23(2)17-11-8-6-5-7-9-13-19-27(25(29)30)21-15-16-22-28(27,26(31)32)20-14-10-12-18-24(3)4/h23-24H,5-22H2,1-4H3,(H,29,30)(H,31,32). The van der Waals surface area contributed by atoms with Crippen molar-refractivity contribution in [2.75, 3.05) is 0 Å². The first-order valence-electron chi connectivity index (χ1n) is 13.6. The normalized spacial score (nSPS) is 23.7. The predicted molar refractivity (Wildman–Crippen MR) is 133 cm³/mol. The first kappa shape index (κ1) is 29.0. The lowest BCUT2D eigenvalue weighted by Gasteiger charge is -2.49. The number of carboxylic acids is 2. The smallest absolute Gasteiger partial charge is 0.310 e. The first-order chi connectivity index (χ1) is 15.2. The molecule has 2 atom stereocenters. The van der Waals surface area contributed by atoms with Crippen molar-refractivity contribution in [3.05, 3.63) is 0 Å². The quantitative estimate of drug-likeness (QED) is 0.204. The summed E-state index contributed by atoms with van der Waals surface area (Å²) in [4.78, 5) is 25.2. The highest BCUT2D eigenvalue weighted by molar-refractivity contribution is 5.87. The van der Waals surface area contributed by atoms with E-state index in [4.69, 9.17) is 0 Å². The molecule has 1 saturated carbocycles. The number of aliphatic carboxylic acids is 2. The fourth-order valence-electron chi connectivity index (χ4n) is 5.92. The number of rotatable bonds is 18. The summed E-state index contributed by atoms with van der Waals surface area (Å²) in [6.07, 6.45) is 17.2. The van der Waals surface area contributed by atoms with E-state index in [-0.39, 0.29) is 0 Å². The van der Waals surface area contributed by atoms with Gasteiger partial charge < -0.3 is 10.2 Å². The Bertz CT molecular complexity index is 542. The van der Waals surface area contributed by atoms with Gasteiger partial charge in [-0.3, -0.25) is 9.59 Å². The molecular weight excluding hydrogens is 400 g/mol. The van der Waals surface area contributed by atoms with Crippen molar-refractivity contribution >= 4 is 11.9 Å². The van der Waals surface area contributed by atoms with Gasteiger partial charge in [-0.1, -0.05) is 118 Å². The summed E-state index contributed by atoms with van der Waals surface area (Å²) >= 11 is 0. The molecule has 0 heterocycles. The number of carbonyl (C=O) groups is 2. The van der Waals surface area contributed by atoms with Crippen molar-refractivity contribution in [2.24, 2.45) is 22.7 Å². The van der Waals surface area contributed by atoms with Crippen LogP contribution in [0.1, 0.15) is 143 Å². The van der Waals surface area contributed by atoms with E-state index >= 15 is 0 Å². The highest BCUT2D eigenvalue weighted by atomic mass is 16.4. The minimum Gasteiger partial charge on any atom is -0.481 e. The topological polar surface area (TPSA) is 74.6 Å². The minimum atomic E-state index is -1.09. The van der Waals surface area contributed by atoms with Crippen molar-refractivity contribution in [1.82, 2.24) is 0 Å². The molecule has 0 radical (unpaired) electrons. The minimum absolute atomic E-state index is 0.516. The molecule has 0 bridgehead atoms. The molecule has 2 unspecified atom stereocenters. The average Bonchev–Trinajstić information content (AvgIpc) is 2.72. The predicted octanol–water partition coefficient (Wildman–Crippen LogP) is 8.48. The third-order valence-electron chi connectivity index (χ3n) is 7.96. The van der Waals surface area contributed by atoms with Gasteiger partial charge in [0.1, 0.15) is 0 Å². The SMILES string of the molecule is CC(C)CCCCCCCCCC1(C(=O)O)CCCCC1(CCCCCC(C)C)C(=O)O. The van der Waals surface area contributed by atoms with Gasteiger partial charge in [-0.15, -0.1) is 0 Å². The molecule has 0 amide bonds. The van der Waals surface area contributed by atoms with Crippen LogP contribution in [-0.4, -0.2) is 22.2 Å². The van der Waals surface area contributed by atoms with Crippen LogP contribution in [0.4, 0.5) is 0 Å². The second-order valence-electron chi connectivity index (χ2n) is 11.4. The van der Waals surface area contributed by atoms with Gasteiger partial charge >= 0.3 is 11.9 Å². The van der Waals surface area contributed by atoms with E-state index in [9.17, 15) is 19.8 Å². The molecule has 2 N–H and O–H groups in total. The maximum Gasteiger partial charge on any atom is 0.310 e. The molecular formula is C28H52O4. The van der Waals surface area contributed by atoms with Crippen LogP contribution in [0.2, 0.25) is 0 Å². The van der Waals surface area contributed by atoms with Crippen LogP contribution in [-0.2, 0) is 9.59 Å². The van der Waals surface area contributed by atoms with Crippen LogP contribution in [0, 0.1) is 22.7 Å². The lowest BCUT2D eigenvalue weighted by Crippen LogP contribution is -2.54. The highest BCUT2D eigenvalue weighted by Crippen LogP contribution is 2.57. The average molecular weight is 453 g/mol. The third kappa shape index (κ3) is 8.71. The van der Waals surface area contributed by atoms with Crippen molar-refractivity contribution in [3.8, 4) is 0 Å². The van der Waals surface area contributed by atoms with Crippen LogP contribution in [0.5, 0.6) is 0 Å². The van der Waals surface area contributed by atoms with E-state index in [1.807, 2.05) is 0 Å². The lowest BCUT2D eigenvalue weighted by molar-refractivity contribution is -0.182. The molecule has 0 aliphatic heterocycles. The Kier molecular flexibility index (Phi) is 13.5. The second-order valence-corrected chi connectivity index (χ2v) is 11.4. The Balaban J connectivity index is 2.65. The zero-order valence-electron chi connectivity index (χ0n) is 21.6. The van der Waals surface area contributed by atoms with Gasteiger partial charge in [0, 0.05) is 0 Å². The zero-order chi connectivity index (χ0) is 24.0. The van der Waals surface area contributed by atoms with Gasteiger partial charge in [-0.2, -0.15) is 0 Å². The Morgan fingerprint density at radius 2 is 0.906 bits per heavy atom. The first-order valence-corrected chi connectivity index (χ1v) is 13.6. The number of hydrogen-bond acceptors (Lipinski definition) is 2. The summed E-state index contributed by atoms with van der Waals surface area (Å²) in [7, 11) is 0. The summed E-state index contributed by atoms with van der Waals surface area (Å²) in [5.41, 5.74) is -2.18. The molecule has 188 valence electrons. The van der Waals surface area contributed by atoms with Gasteiger partial charge in [-0.25, -0.2) is 0 Å². The molecule has 4 heteroatoms. The molecule has 0 aromatic rings. The van der Waals surface area contributed by atoms with E-state index in [2.05, 4.69) is 27.7 Å². The van der Waals surface area contributed by atoms with E-state index < -0.39 is 22.8 Å². The second kappa shape index (κ2) is 15.0. The molecule has 1 aliphatic rings.